The first-order valence-electron chi connectivity index (χ1n) is 3.19. The van der Waals surface area contributed by atoms with Crippen LogP contribution < -0.4 is 5.73 Å². The van der Waals surface area contributed by atoms with Crippen molar-refractivity contribution in [1.29, 1.82) is 0 Å². The first-order chi connectivity index (χ1) is 4.48. The van der Waals surface area contributed by atoms with Crippen LogP contribution >= 0.6 is 0 Å². The Hall–Kier alpha value is -0.610. The number of aliphatic hydroxyl groups is 1. The fraction of sp³-hybridized carbons (Fsp3) is 0.833. The van der Waals surface area contributed by atoms with Crippen molar-refractivity contribution >= 4 is 5.91 Å². The van der Waals surface area contributed by atoms with E-state index in [1.54, 1.807) is 0 Å². The average Bonchev–Trinajstić information content (AvgIpc) is 1.59. The molecule has 0 aliphatic carbocycles. The number of carbonyl (C=O) groups excluding carboxylic acids is 1. The van der Waals surface area contributed by atoms with Crippen LogP contribution in [-0.2, 0) is 4.79 Å². The number of carbonyl (C=O) groups is 1. The van der Waals surface area contributed by atoms with E-state index < -0.39 is 0 Å². The fourth-order valence-corrected chi connectivity index (χ4v) is 0.772. The second kappa shape index (κ2) is 3.53. The number of primary amides is 1. The zero-order chi connectivity index (χ0) is 8.20. The van der Waals surface area contributed by atoms with Gasteiger partial charge in [-0.05, 0) is 0 Å². The van der Waals surface area contributed by atoms with Crippen LogP contribution in [0, 0.1) is 0 Å². The molecular formula is C6H15N2O2+. The second-order valence-corrected chi connectivity index (χ2v) is 3.01. The largest absolute Gasteiger partial charge is 0.391 e. The molecule has 0 bridgehead atoms. The Kier molecular flexibility index (Phi) is 3.32. The fourth-order valence-electron chi connectivity index (χ4n) is 0.772. The molecule has 60 valence electrons. The zero-order valence-corrected chi connectivity index (χ0v) is 6.50. The van der Waals surface area contributed by atoms with E-state index in [9.17, 15) is 4.79 Å². The Morgan fingerprint density at radius 2 is 2.10 bits per heavy atom. The van der Waals surface area contributed by atoms with Gasteiger partial charge in [-0.2, -0.15) is 0 Å². The third kappa shape index (κ3) is 4.29. The van der Waals surface area contributed by atoms with Crippen molar-refractivity contribution < 1.29 is 14.4 Å². The van der Waals surface area contributed by atoms with Gasteiger partial charge < -0.3 is 15.3 Å². The highest BCUT2D eigenvalue weighted by atomic mass is 16.3. The molecule has 0 aromatic rings. The van der Waals surface area contributed by atoms with Gasteiger partial charge in [-0.1, -0.05) is 0 Å². The summed E-state index contributed by atoms with van der Waals surface area (Å²) < 4.78 is 0.450. The highest BCUT2D eigenvalue weighted by Gasteiger charge is 2.16. The Morgan fingerprint density at radius 3 is 2.40 bits per heavy atom. The molecule has 0 aromatic heterocycles. The summed E-state index contributed by atoms with van der Waals surface area (Å²) in [5.74, 6) is -0.335. The monoisotopic (exact) mass is 147 g/mol. The van der Waals surface area contributed by atoms with Crippen LogP contribution in [0.1, 0.15) is 0 Å². The highest BCUT2D eigenvalue weighted by Crippen LogP contribution is 1.93. The lowest BCUT2D eigenvalue weighted by Gasteiger charge is -2.26. The molecule has 0 unspecified atom stereocenters. The standard InChI is InChI=1S/C6H14N2O2/c1-8(2,3-4-9)5-6(7)10/h9H,3-5H2,1-2H3,(H-,7,10)/p+1. The number of hydrogen-bond acceptors (Lipinski definition) is 2. The lowest BCUT2D eigenvalue weighted by Crippen LogP contribution is -2.47. The van der Waals surface area contributed by atoms with Crippen molar-refractivity contribution in [2.45, 2.75) is 0 Å². The quantitative estimate of drug-likeness (QED) is 0.477. The van der Waals surface area contributed by atoms with Gasteiger partial charge in [0.05, 0.1) is 20.7 Å². The summed E-state index contributed by atoms with van der Waals surface area (Å²) in [6.07, 6.45) is 0. The third-order valence-electron chi connectivity index (χ3n) is 1.29. The molecular weight excluding hydrogens is 132 g/mol. The van der Waals surface area contributed by atoms with Crippen LogP contribution in [-0.4, -0.2) is 49.3 Å². The molecule has 0 heterocycles. The Labute approximate surface area is 60.8 Å². The summed E-state index contributed by atoms with van der Waals surface area (Å²) in [5, 5.41) is 8.55. The van der Waals surface area contributed by atoms with Gasteiger partial charge in [0, 0.05) is 0 Å². The predicted molar refractivity (Wildman–Crippen MR) is 38.1 cm³/mol. The lowest BCUT2D eigenvalue weighted by atomic mass is 10.4. The molecule has 0 aromatic carbocycles. The molecule has 0 fully saturated rings. The minimum Gasteiger partial charge on any atom is -0.391 e. The average molecular weight is 147 g/mol. The molecule has 4 nitrogen and oxygen atoms in total. The van der Waals surface area contributed by atoms with Gasteiger partial charge in [0.15, 0.2) is 6.54 Å². The number of hydrogen-bond donors (Lipinski definition) is 2. The molecule has 10 heavy (non-hydrogen) atoms. The topological polar surface area (TPSA) is 63.3 Å². The molecule has 0 saturated carbocycles. The molecule has 0 atom stereocenters. The molecule has 0 rings (SSSR count). The maximum Gasteiger partial charge on any atom is 0.272 e. The van der Waals surface area contributed by atoms with Gasteiger partial charge in [-0.15, -0.1) is 0 Å². The van der Waals surface area contributed by atoms with Crippen molar-refractivity contribution in [2.24, 2.45) is 5.73 Å². The van der Waals surface area contributed by atoms with Crippen LogP contribution in [0.5, 0.6) is 0 Å². The Bertz CT molecular complexity index is 123. The molecule has 0 saturated heterocycles. The predicted octanol–water partition coefficient (Wildman–Crippen LogP) is -1.46. The summed E-state index contributed by atoms with van der Waals surface area (Å²) in [7, 11) is 3.70. The van der Waals surface area contributed by atoms with Crippen LogP contribution in [0.2, 0.25) is 0 Å². The smallest absolute Gasteiger partial charge is 0.272 e. The minimum atomic E-state index is -0.335. The SMILES string of the molecule is C[N+](C)(CCO)CC(N)=O. The zero-order valence-electron chi connectivity index (χ0n) is 6.50. The van der Waals surface area contributed by atoms with Crippen molar-refractivity contribution in [1.82, 2.24) is 0 Å². The van der Waals surface area contributed by atoms with Crippen LogP contribution in [0.25, 0.3) is 0 Å². The van der Waals surface area contributed by atoms with Crippen LogP contribution in [0.3, 0.4) is 0 Å². The first-order valence-corrected chi connectivity index (χ1v) is 3.19. The Morgan fingerprint density at radius 1 is 1.60 bits per heavy atom. The summed E-state index contributed by atoms with van der Waals surface area (Å²) >= 11 is 0. The van der Waals surface area contributed by atoms with Gasteiger partial charge in [-0.3, -0.25) is 4.79 Å². The van der Waals surface area contributed by atoms with E-state index in [1.165, 1.54) is 0 Å². The lowest BCUT2D eigenvalue weighted by molar-refractivity contribution is -0.882. The highest BCUT2D eigenvalue weighted by molar-refractivity contribution is 5.74. The van der Waals surface area contributed by atoms with Crippen molar-refractivity contribution in [3.8, 4) is 0 Å². The number of aliphatic hydroxyl groups excluding tert-OH is 1. The summed E-state index contributed by atoms with van der Waals surface area (Å²) in [5.41, 5.74) is 4.97. The normalized spacial score (nSPS) is 11.5. The number of amides is 1. The van der Waals surface area contributed by atoms with Gasteiger partial charge in [0.2, 0.25) is 0 Å². The van der Waals surface area contributed by atoms with Gasteiger partial charge in [-0.25, -0.2) is 0 Å². The summed E-state index contributed by atoms with van der Waals surface area (Å²) in [6, 6.07) is 0. The van der Waals surface area contributed by atoms with E-state index in [1.807, 2.05) is 14.1 Å². The number of quaternary nitrogens is 1. The van der Waals surface area contributed by atoms with Crippen molar-refractivity contribution in [3.05, 3.63) is 0 Å². The van der Waals surface area contributed by atoms with E-state index in [2.05, 4.69) is 0 Å². The minimum absolute atomic E-state index is 0.0836. The number of rotatable bonds is 4. The maximum absolute atomic E-state index is 10.4. The van der Waals surface area contributed by atoms with E-state index in [0.717, 1.165) is 0 Å². The Balaban J connectivity index is 3.74. The number of nitrogens with two attached hydrogens (primary N) is 1. The second-order valence-electron chi connectivity index (χ2n) is 3.01. The summed E-state index contributed by atoms with van der Waals surface area (Å²) in [6.45, 7) is 0.920. The molecule has 0 radical (unpaired) electrons. The van der Waals surface area contributed by atoms with Gasteiger partial charge in [0.1, 0.15) is 6.54 Å². The van der Waals surface area contributed by atoms with Crippen molar-refractivity contribution in [2.75, 3.05) is 33.8 Å². The number of likely N-dealkylation sites (N-methyl/N-ethyl adjacent to an activating group) is 1. The maximum atomic E-state index is 10.4. The molecule has 4 heteroatoms. The molecule has 0 aliphatic heterocycles. The first kappa shape index (κ1) is 9.39. The van der Waals surface area contributed by atoms with E-state index in [4.69, 9.17) is 10.8 Å². The molecule has 0 spiro atoms. The van der Waals surface area contributed by atoms with E-state index in [0.29, 0.717) is 11.0 Å². The van der Waals surface area contributed by atoms with E-state index in [-0.39, 0.29) is 19.1 Å². The third-order valence-corrected chi connectivity index (χ3v) is 1.29. The molecule has 1 amide bonds. The van der Waals surface area contributed by atoms with Gasteiger partial charge >= 0.3 is 0 Å². The van der Waals surface area contributed by atoms with E-state index >= 15 is 0 Å². The van der Waals surface area contributed by atoms with Crippen molar-refractivity contribution in [3.63, 3.8) is 0 Å². The van der Waals surface area contributed by atoms with Gasteiger partial charge in [0.25, 0.3) is 5.91 Å². The van der Waals surface area contributed by atoms with Crippen LogP contribution in [0.15, 0.2) is 0 Å². The number of nitrogens with zero attached hydrogens (tertiary/aromatic N) is 1. The van der Waals surface area contributed by atoms with Crippen LogP contribution in [0.4, 0.5) is 0 Å². The summed E-state index contributed by atoms with van der Waals surface area (Å²) in [4.78, 5) is 10.4. The molecule has 3 N–H and O–H groups in total. The molecule has 0 aliphatic rings.